The smallest absolute Gasteiger partial charge is 0.155 e. The van der Waals surface area contributed by atoms with Crippen LogP contribution in [0.1, 0.15) is 12.8 Å². The SMILES string of the molecule is Cn1nnc2c(OC3CCCNC3)cccc21. The van der Waals surface area contributed by atoms with Crippen molar-refractivity contribution in [2.75, 3.05) is 13.1 Å². The van der Waals surface area contributed by atoms with Crippen LogP contribution < -0.4 is 10.1 Å². The first kappa shape index (κ1) is 10.5. The van der Waals surface area contributed by atoms with Gasteiger partial charge in [-0.3, -0.25) is 0 Å². The van der Waals surface area contributed by atoms with Crippen molar-refractivity contribution in [3.63, 3.8) is 0 Å². The van der Waals surface area contributed by atoms with E-state index in [2.05, 4.69) is 15.6 Å². The summed E-state index contributed by atoms with van der Waals surface area (Å²) in [6.07, 6.45) is 2.52. The molecule has 1 saturated heterocycles. The fourth-order valence-electron chi connectivity index (χ4n) is 2.23. The highest BCUT2D eigenvalue weighted by molar-refractivity contribution is 5.80. The number of hydrogen-bond acceptors (Lipinski definition) is 4. The Morgan fingerprint density at radius 3 is 3.24 bits per heavy atom. The predicted octanol–water partition coefficient (Wildman–Crippen LogP) is 1.10. The molecule has 2 heterocycles. The van der Waals surface area contributed by atoms with Crippen molar-refractivity contribution in [2.45, 2.75) is 18.9 Å². The summed E-state index contributed by atoms with van der Waals surface area (Å²) >= 11 is 0. The van der Waals surface area contributed by atoms with Crippen LogP contribution in [0.5, 0.6) is 5.75 Å². The van der Waals surface area contributed by atoms with E-state index in [4.69, 9.17) is 4.74 Å². The molecule has 1 aromatic carbocycles. The van der Waals surface area contributed by atoms with E-state index in [1.165, 1.54) is 6.42 Å². The molecular formula is C12H16N4O. The van der Waals surface area contributed by atoms with Crippen molar-refractivity contribution in [3.05, 3.63) is 18.2 Å². The molecule has 5 heteroatoms. The molecule has 5 nitrogen and oxygen atoms in total. The van der Waals surface area contributed by atoms with Gasteiger partial charge in [0, 0.05) is 13.6 Å². The van der Waals surface area contributed by atoms with Crippen molar-refractivity contribution < 1.29 is 4.74 Å². The molecule has 1 aliphatic heterocycles. The van der Waals surface area contributed by atoms with E-state index < -0.39 is 0 Å². The Kier molecular flexibility index (Phi) is 2.68. The third-order valence-electron chi connectivity index (χ3n) is 3.15. The van der Waals surface area contributed by atoms with E-state index >= 15 is 0 Å². The van der Waals surface area contributed by atoms with Gasteiger partial charge in [0.1, 0.15) is 11.9 Å². The molecule has 1 aromatic heterocycles. The minimum Gasteiger partial charge on any atom is -0.487 e. The first-order valence-corrected chi connectivity index (χ1v) is 6.00. The molecule has 0 aliphatic carbocycles. The maximum absolute atomic E-state index is 6.00. The van der Waals surface area contributed by atoms with Crippen LogP contribution in [0.25, 0.3) is 11.0 Å². The summed E-state index contributed by atoms with van der Waals surface area (Å²) in [6.45, 7) is 2.01. The van der Waals surface area contributed by atoms with Crippen molar-refractivity contribution in [2.24, 2.45) is 7.05 Å². The Morgan fingerprint density at radius 1 is 1.47 bits per heavy atom. The number of benzene rings is 1. The maximum Gasteiger partial charge on any atom is 0.155 e. The van der Waals surface area contributed by atoms with Crippen molar-refractivity contribution in [1.29, 1.82) is 0 Å². The van der Waals surface area contributed by atoms with Crippen molar-refractivity contribution >= 4 is 11.0 Å². The summed E-state index contributed by atoms with van der Waals surface area (Å²) in [5.74, 6) is 0.837. The molecule has 1 aliphatic rings. The predicted molar refractivity (Wildman–Crippen MR) is 65.0 cm³/mol. The molecule has 1 N–H and O–H groups in total. The van der Waals surface area contributed by atoms with Gasteiger partial charge in [0.05, 0.1) is 5.52 Å². The number of fused-ring (bicyclic) bond motifs is 1. The first-order chi connectivity index (χ1) is 8.34. The molecule has 3 rings (SSSR count). The van der Waals surface area contributed by atoms with E-state index in [-0.39, 0.29) is 6.10 Å². The molecule has 0 saturated carbocycles. The van der Waals surface area contributed by atoms with Crippen LogP contribution in [0.3, 0.4) is 0 Å². The second-order valence-electron chi connectivity index (χ2n) is 4.42. The van der Waals surface area contributed by atoms with Crippen LogP contribution in [0.2, 0.25) is 0 Å². The van der Waals surface area contributed by atoms with E-state index in [1.807, 2.05) is 25.2 Å². The largest absolute Gasteiger partial charge is 0.487 e. The lowest BCUT2D eigenvalue weighted by Gasteiger charge is -2.23. The highest BCUT2D eigenvalue weighted by atomic mass is 16.5. The van der Waals surface area contributed by atoms with E-state index in [1.54, 1.807) is 4.68 Å². The van der Waals surface area contributed by atoms with Crippen molar-refractivity contribution in [1.82, 2.24) is 20.3 Å². The summed E-state index contributed by atoms with van der Waals surface area (Å²) in [4.78, 5) is 0. The zero-order chi connectivity index (χ0) is 11.7. The third-order valence-corrected chi connectivity index (χ3v) is 3.15. The van der Waals surface area contributed by atoms with Crippen LogP contribution in [0.4, 0.5) is 0 Å². The highest BCUT2D eigenvalue weighted by Gasteiger charge is 2.16. The Hall–Kier alpha value is -1.62. The van der Waals surface area contributed by atoms with Crippen LogP contribution in [0, 0.1) is 0 Å². The quantitative estimate of drug-likeness (QED) is 0.842. The normalized spacial score (nSPS) is 20.6. The van der Waals surface area contributed by atoms with Crippen LogP contribution in [-0.4, -0.2) is 34.2 Å². The molecule has 0 bridgehead atoms. The van der Waals surface area contributed by atoms with Crippen LogP contribution >= 0.6 is 0 Å². The lowest BCUT2D eigenvalue weighted by Crippen LogP contribution is -2.37. The Balaban J connectivity index is 1.89. The average molecular weight is 232 g/mol. The number of nitrogens with zero attached hydrogens (tertiary/aromatic N) is 3. The summed E-state index contributed by atoms with van der Waals surface area (Å²) < 4.78 is 7.77. The summed E-state index contributed by atoms with van der Waals surface area (Å²) in [6, 6.07) is 5.95. The standard InChI is InChI=1S/C12H16N4O/c1-16-10-5-2-6-11(12(10)14-15-16)17-9-4-3-7-13-8-9/h2,5-6,9,13H,3-4,7-8H2,1H3. The zero-order valence-electron chi connectivity index (χ0n) is 9.89. The van der Waals surface area contributed by atoms with Gasteiger partial charge in [0.15, 0.2) is 5.52 Å². The second kappa shape index (κ2) is 4.33. The average Bonchev–Trinajstić information content (AvgIpc) is 2.74. The Morgan fingerprint density at radius 2 is 2.41 bits per heavy atom. The van der Waals surface area contributed by atoms with Gasteiger partial charge in [-0.05, 0) is 31.5 Å². The molecule has 1 atom stereocenters. The number of piperidine rings is 1. The number of ether oxygens (including phenoxy) is 1. The van der Waals surface area contributed by atoms with E-state index in [9.17, 15) is 0 Å². The summed E-state index contributed by atoms with van der Waals surface area (Å²) in [7, 11) is 1.89. The van der Waals surface area contributed by atoms with Crippen LogP contribution in [0.15, 0.2) is 18.2 Å². The monoisotopic (exact) mass is 232 g/mol. The second-order valence-corrected chi connectivity index (χ2v) is 4.42. The molecule has 2 aromatic rings. The summed E-state index contributed by atoms with van der Waals surface area (Å²) in [5, 5.41) is 11.5. The fraction of sp³-hybridized carbons (Fsp3) is 0.500. The lowest BCUT2D eigenvalue weighted by atomic mass is 10.1. The van der Waals surface area contributed by atoms with Gasteiger partial charge in [0.25, 0.3) is 0 Å². The van der Waals surface area contributed by atoms with E-state index in [0.29, 0.717) is 0 Å². The minimum absolute atomic E-state index is 0.247. The Labute approximate surface area is 99.8 Å². The molecule has 0 spiro atoms. The van der Waals surface area contributed by atoms with E-state index in [0.717, 1.165) is 36.3 Å². The number of aromatic nitrogens is 3. The maximum atomic E-state index is 6.00. The number of hydrogen-bond donors (Lipinski definition) is 1. The van der Waals surface area contributed by atoms with Crippen molar-refractivity contribution in [3.8, 4) is 5.75 Å². The minimum atomic E-state index is 0.247. The van der Waals surface area contributed by atoms with Crippen LogP contribution in [-0.2, 0) is 7.05 Å². The van der Waals surface area contributed by atoms with Gasteiger partial charge in [-0.25, -0.2) is 4.68 Å². The first-order valence-electron chi connectivity index (χ1n) is 6.00. The molecule has 17 heavy (non-hydrogen) atoms. The fourth-order valence-corrected chi connectivity index (χ4v) is 2.23. The lowest BCUT2D eigenvalue weighted by molar-refractivity contribution is 0.169. The van der Waals surface area contributed by atoms with Gasteiger partial charge in [0.2, 0.25) is 0 Å². The van der Waals surface area contributed by atoms with Gasteiger partial charge >= 0.3 is 0 Å². The zero-order valence-corrected chi connectivity index (χ0v) is 9.89. The van der Waals surface area contributed by atoms with Gasteiger partial charge in [-0.15, -0.1) is 5.10 Å². The molecule has 0 amide bonds. The molecule has 1 fully saturated rings. The third kappa shape index (κ3) is 1.98. The summed E-state index contributed by atoms with van der Waals surface area (Å²) in [5.41, 5.74) is 1.85. The molecule has 90 valence electrons. The van der Waals surface area contributed by atoms with Gasteiger partial charge in [-0.1, -0.05) is 11.3 Å². The Bertz CT molecular complexity index is 516. The van der Waals surface area contributed by atoms with Gasteiger partial charge in [-0.2, -0.15) is 0 Å². The number of rotatable bonds is 2. The molecule has 1 unspecified atom stereocenters. The molecule has 0 radical (unpaired) electrons. The topological polar surface area (TPSA) is 52.0 Å². The van der Waals surface area contributed by atoms with Gasteiger partial charge < -0.3 is 10.1 Å². The number of aryl methyl sites for hydroxylation is 1. The highest BCUT2D eigenvalue weighted by Crippen LogP contribution is 2.24. The number of nitrogens with one attached hydrogen (secondary N) is 1. The molecular weight excluding hydrogens is 216 g/mol.